The molecule has 5 heteroatoms. The van der Waals surface area contributed by atoms with Crippen molar-refractivity contribution in [2.45, 2.75) is 32.5 Å². The molecule has 0 aromatic heterocycles. The molecule has 0 fully saturated rings. The Morgan fingerprint density at radius 2 is 2.50 bits per heavy atom. The molecule has 1 aliphatic rings. The number of carbonyl (C=O) groups is 1. The van der Waals surface area contributed by atoms with Gasteiger partial charge in [-0.05, 0) is 25.8 Å². The summed E-state index contributed by atoms with van der Waals surface area (Å²) in [6, 6.07) is -0.667. The lowest BCUT2D eigenvalue weighted by Gasteiger charge is -2.23. The van der Waals surface area contributed by atoms with E-state index in [9.17, 15) is 4.79 Å². The molecule has 0 aliphatic carbocycles. The van der Waals surface area contributed by atoms with Crippen LogP contribution in [0.5, 0.6) is 0 Å². The van der Waals surface area contributed by atoms with E-state index >= 15 is 0 Å². The summed E-state index contributed by atoms with van der Waals surface area (Å²) in [4.78, 5) is 10.3. The normalized spacial score (nSPS) is 27.4. The smallest absolute Gasteiger partial charge is 0.332 e. The molecule has 2 unspecified atom stereocenters. The molecular formula is C9H15N3O2. The van der Waals surface area contributed by atoms with E-state index in [-0.39, 0.29) is 12.2 Å². The predicted octanol–water partition coefficient (Wildman–Crippen LogP) is 0.764. The van der Waals surface area contributed by atoms with Crippen molar-refractivity contribution in [2.24, 2.45) is 10.8 Å². The van der Waals surface area contributed by atoms with Gasteiger partial charge < -0.3 is 10.5 Å². The van der Waals surface area contributed by atoms with Gasteiger partial charge in [0.2, 0.25) is 0 Å². The molecule has 3 N–H and O–H groups in total. The maximum atomic E-state index is 10.3. The zero-order chi connectivity index (χ0) is 10.6. The van der Waals surface area contributed by atoms with E-state index in [0.717, 1.165) is 12.0 Å². The Balaban J connectivity index is 2.51. The Labute approximate surface area is 83.0 Å². The van der Waals surface area contributed by atoms with Gasteiger partial charge in [-0.1, -0.05) is 6.08 Å². The maximum absolute atomic E-state index is 10.3. The average Bonchev–Trinajstić information content (AvgIpc) is 2.08. The fourth-order valence-electron chi connectivity index (χ4n) is 1.28. The molecule has 0 bridgehead atoms. The zero-order valence-corrected chi connectivity index (χ0v) is 8.36. The van der Waals surface area contributed by atoms with Crippen LogP contribution in [0.15, 0.2) is 16.8 Å². The van der Waals surface area contributed by atoms with Crippen molar-refractivity contribution in [2.75, 3.05) is 0 Å². The van der Waals surface area contributed by atoms with E-state index in [1.54, 1.807) is 6.21 Å². The molecule has 14 heavy (non-hydrogen) atoms. The fraction of sp³-hybridized carbons (Fsp3) is 0.556. The third kappa shape index (κ3) is 3.18. The summed E-state index contributed by atoms with van der Waals surface area (Å²) >= 11 is 0. The number of nitrogens with two attached hydrogens (primary N) is 1. The van der Waals surface area contributed by atoms with Crippen molar-refractivity contribution in [3.8, 4) is 0 Å². The van der Waals surface area contributed by atoms with Gasteiger partial charge >= 0.3 is 6.03 Å². The summed E-state index contributed by atoms with van der Waals surface area (Å²) in [6.45, 7) is 3.96. The third-order valence-corrected chi connectivity index (χ3v) is 1.98. The van der Waals surface area contributed by atoms with Crippen molar-refractivity contribution in [3.63, 3.8) is 0 Å². The first-order valence-electron chi connectivity index (χ1n) is 4.53. The van der Waals surface area contributed by atoms with Gasteiger partial charge in [-0.15, -0.1) is 0 Å². The molecule has 0 saturated carbocycles. The van der Waals surface area contributed by atoms with E-state index in [1.165, 1.54) is 0 Å². The number of urea groups is 1. The lowest BCUT2D eigenvalue weighted by Crippen LogP contribution is -2.27. The fourth-order valence-corrected chi connectivity index (χ4v) is 1.28. The number of rotatable bonds is 2. The Kier molecular flexibility index (Phi) is 3.64. The number of hydrogen-bond donors (Lipinski definition) is 2. The number of nitrogens with zero attached hydrogens (tertiary/aromatic N) is 1. The van der Waals surface area contributed by atoms with Crippen LogP contribution in [0, 0.1) is 0 Å². The number of ether oxygens (including phenoxy) is 1. The van der Waals surface area contributed by atoms with E-state index < -0.39 is 6.03 Å². The van der Waals surface area contributed by atoms with Gasteiger partial charge in [0.05, 0.1) is 18.4 Å². The number of primary amides is 1. The predicted molar refractivity (Wildman–Crippen MR) is 53.9 cm³/mol. The summed E-state index contributed by atoms with van der Waals surface area (Å²) in [6.07, 6.45) is 4.72. The van der Waals surface area contributed by atoms with Crippen LogP contribution >= 0.6 is 0 Å². The highest BCUT2D eigenvalue weighted by molar-refractivity contribution is 5.81. The second-order valence-corrected chi connectivity index (χ2v) is 3.26. The molecule has 5 nitrogen and oxygen atoms in total. The lowest BCUT2D eigenvalue weighted by atomic mass is 10.1. The zero-order valence-electron chi connectivity index (χ0n) is 8.36. The van der Waals surface area contributed by atoms with Gasteiger partial charge in [0, 0.05) is 0 Å². The topological polar surface area (TPSA) is 76.7 Å². The molecule has 0 aromatic rings. The van der Waals surface area contributed by atoms with E-state index in [4.69, 9.17) is 10.5 Å². The quantitative estimate of drug-likeness (QED) is 0.506. The highest BCUT2D eigenvalue weighted by Gasteiger charge is 2.16. The summed E-state index contributed by atoms with van der Waals surface area (Å²) in [5.41, 5.74) is 7.94. The first-order valence-corrected chi connectivity index (χ1v) is 4.53. The second-order valence-electron chi connectivity index (χ2n) is 3.26. The van der Waals surface area contributed by atoms with Crippen molar-refractivity contribution < 1.29 is 9.53 Å². The Bertz CT molecular complexity index is 273. The number of amides is 2. The summed E-state index contributed by atoms with van der Waals surface area (Å²) in [5, 5.41) is 3.67. The minimum absolute atomic E-state index is 0.0113. The monoisotopic (exact) mass is 197 g/mol. The minimum atomic E-state index is -0.667. The van der Waals surface area contributed by atoms with Gasteiger partial charge in [0.15, 0.2) is 0 Å². The molecule has 0 aromatic carbocycles. The van der Waals surface area contributed by atoms with Gasteiger partial charge in [0.1, 0.15) is 0 Å². The van der Waals surface area contributed by atoms with Crippen LogP contribution < -0.4 is 11.2 Å². The van der Waals surface area contributed by atoms with Crippen molar-refractivity contribution in [3.05, 3.63) is 11.6 Å². The van der Waals surface area contributed by atoms with Crippen LogP contribution in [-0.2, 0) is 4.74 Å². The van der Waals surface area contributed by atoms with Crippen molar-refractivity contribution in [1.29, 1.82) is 0 Å². The Morgan fingerprint density at radius 3 is 3.07 bits per heavy atom. The van der Waals surface area contributed by atoms with Crippen LogP contribution in [0.4, 0.5) is 4.79 Å². The molecule has 2 atom stereocenters. The van der Waals surface area contributed by atoms with Crippen molar-refractivity contribution in [1.82, 2.24) is 5.43 Å². The highest BCUT2D eigenvalue weighted by Crippen LogP contribution is 2.16. The third-order valence-electron chi connectivity index (χ3n) is 1.98. The molecule has 0 spiro atoms. The summed E-state index contributed by atoms with van der Waals surface area (Å²) < 4.78 is 5.55. The first kappa shape index (κ1) is 10.7. The van der Waals surface area contributed by atoms with Gasteiger partial charge in [-0.25, -0.2) is 10.2 Å². The molecule has 1 rings (SSSR count). The molecule has 78 valence electrons. The molecule has 1 aliphatic heterocycles. The number of nitrogens with one attached hydrogen (secondary N) is 1. The molecule has 0 saturated heterocycles. The number of hydrogen-bond acceptors (Lipinski definition) is 3. The van der Waals surface area contributed by atoms with Crippen LogP contribution in [0.3, 0.4) is 0 Å². The Hall–Kier alpha value is -1.36. The van der Waals surface area contributed by atoms with E-state index in [1.807, 2.05) is 19.9 Å². The maximum Gasteiger partial charge on any atom is 0.332 e. The van der Waals surface area contributed by atoms with Crippen LogP contribution in [-0.4, -0.2) is 24.5 Å². The van der Waals surface area contributed by atoms with Gasteiger partial charge in [0.25, 0.3) is 0 Å². The van der Waals surface area contributed by atoms with Gasteiger partial charge in [-0.2, -0.15) is 5.10 Å². The molecule has 0 radical (unpaired) electrons. The number of carbonyl (C=O) groups excluding carboxylic acids is 1. The highest BCUT2D eigenvalue weighted by atomic mass is 16.5. The van der Waals surface area contributed by atoms with Crippen molar-refractivity contribution >= 4 is 12.2 Å². The molecular weight excluding hydrogens is 182 g/mol. The summed E-state index contributed by atoms with van der Waals surface area (Å²) in [5.74, 6) is 0. The van der Waals surface area contributed by atoms with E-state index in [0.29, 0.717) is 0 Å². The molecule has 1 heterocycles. The lowest BCUT2D eigenvalue weighted by molar-refractivity contribution is 0.0239. The molecule has 2 amide bonds. The van der Waals surface area contributed by atoms with Gasteiger partial charge in [-0.3, -0.25) is 0 Å². The van der Waals surface area contributed by atoms with Crippen LogP contribution in [0.25, 0.3) is 0 Å². The second kappa shape index (κ2) is 4.76. The standard InChI is InChI=1S/C9H15N3O2/c1-6-3-4-8(7(2)14-6)5-11-12-9(10)13/h4-7H,3H2,1-2H3,(H3,10,12,13). The number of hydrazone groups is 1. The Morgan fingerprint density at radius 1 is 1.79 bits per heavy atom. The van der Waals surface area contributed by atoms with Crippen LogP contribution in [0.1, 0.15) is 20.3 Å². The van der Waals surface area contributed by atoms with E-state index in [2.05, 4.69) is 10.5 Å². The SMILES string of the molecule is CC1CC=C(C=NNC(N)=O)C(C)O1. The van der Waals surface area contributed by atoms with Crippen LogP contribution in [0.2, 0.25) is 0 Å². The first-order chi connectivity index (χ1) is 6.59. The largest absolute Gasteiger partial charge is 0.371 e. The minimum Gasteiger partial charge on any atom is -0.371 e. The summed E-state index contributed by atoms with van der Waals surface area (Å²) in [7, 11) is 0. The average molecular weight is 197 g/mol.